The lowest BCUT2D eigenvalue weighted by atomic mass is 9.66. The van der Waals surface area contributed by atoms with Gasteiger partial charge in [-0.3, -0.25) is 9.69 Å². The number of hydrogen-bond acceptors (Lipinski definition) is 5. The fourth-order valence-corrected chi connectivity index (χ4v) is 5.04. The maximum atomic E-state index is 12.6. The smallest absolute Gasteiger partial charge is 0.234 e. The second-order valence-electron chi connectivity index (χ2n) is 8.44. The van der Waals surface area contributed by atoms with Gasteiger partial charge < -0.3 is 19.9 Å². The Kier molecular flexibility index (Phi) is 7.41. The van der Waals surface area contributed by atoms with Crippen molar-refractivity contribution < 1.29 is 19.4 Å². The number of rotatable bonds is 8. The van der Waals surface area contributed by atoms with Gasteiger partial charge in [0.25, 0.3) is 0 Å². The summed E-state index contributed by atoms with van der Waals surface area (Å²) < 4.78 is 10.9. The molecule has 6 nitrogen and oxygen atoms in total. The van der Waals surface area contributed by atoms with E-state index in [-0.39, 0.29) is 17.9 Å². The van der Waals surface area contributed by atoms with E-state index >= 15 is 0 Å². The fraction of sp³-hybridized carbons (Fsp3) is 0.696. The lowest BCUT2D eigenvalue weighted by Gasteiger charge is -2.52. The van der Waals surface area contributed by atoms with Gasteiger partial charge in [-0.25, -0.2) is 0 Å². The lowest BCUT2D eigenvalue weighted by molar-refractivity contribution is -0.137. The van der Waals surface area contributed by atoms with Crippen molar-refractivity contribution in [2.75, 3.05) is 33.9 Å². The van der Waals surface area contributed by atoms with Crippen LogP contribution in [0.2, 0.25) is 0 Å². The first kappa shape index (κ1) is 21.9. The maximum Gasteiger partial charge on any atom is 0.234 e. The highest BCUT2D eigenvalue weighted by atomic mass is 16.5. The molecule has 0 unspecified atom stereocenters. The fourth-order valence-electron chi connectivity index (χ4n) is 5.04. The molecule has 1 aromatic rings. The van der Waals surface area contributed by atoms with Crippen LogP contribution in [0.25, 0.3) is 0 Å². The molecule has 3 rings (SSSR count). The number of nitrogens with one attached hydrogen (secondary N) is 1. The molecule has 1 amide bonds. The molecule has 0 spiro atoms. The zero-order valence-corrected chi connectivity index (χ0v) is 18.1. The summed E-state index contributed by atoms with van der Waals surface area (Å²) >= 11 is 0. The minimum atomic E-state index is -0.648. The van der Waals surface area contributed by atoms with E-state index < -0.39 is 5.60 Å². The summed E-state index contributed by atoms with van der Waals surface area (Å²) in [6.45, 7) is 3.91. The zero-order valence-electron chi connectivity index (χ0n) is 18.1. The Morgan fingerprint density at radius 2 is 2.03 bits per heavy atom. The van der Waals surface area contributed by atoms with Gasteiger partial charge in [0, 0.05) is 25.0 Å². The number of fused-ring (bicyclic) bond motifs is 1. The number of unbranched alkanes of at least 4 members (excludes halogenated alkanes) is 1. The Labute approximate surface area is 174 Å². The number of hydrogen-bond donors (Lipinski definition) is 2. The first-order chi connectivity index (χ1) is 14.0. The number of piperidine rings is 1. The third-order valence-electron chi connectivity index (χ3n) is 6.62. The molecule has 29 heavy (non-hydrogen) atoms. The van der Waals surface area contributed by atoms with Crippen LogP contribution in [0.4, 0.5) is 0 Å². The van der Waals surface area contributed by atoms with Crippen molar-refractivity contribution in [2.45, 2.75) is 63.5 Å². The molecule has 1 aromatic carbocycles. The molecule has 1 aliphatic carbocycles. The van der Waals surface area contributed by atoms with Gasteiger partial charge in [0.1, 0.15) is 0 Å². The van der Waals surface area contributed by atoms with Crippen LogP contribution in [0.15, 0.2) is 18.2 Å². The summed E-state index contributed by atoms with van der Waals surface area (Å²) in [5.74, 6) is 1.55. The van der Waals surface area contributed by atoms with Gasteiger partial charge in [-0.1, -0.05) is 32.3 Å². The quantitative estimate of drug-likeness (QED) is 0.651. The van der Waals surface area contributed by atoms with Gasteiger partial charge in [-0.05, 0) is 43.4 Å². The Balaban J connectivity index is 1.88. The normalized spacial score (nSPS) is 27.2. The number of aliphatic hydroxyl groups is 1. The Hall–Kier alpha value is -1.79. The minimum Gasteiger partial charge on any atom is -0.493 e. The molecular formula is C23H36N2O4. The van der Waals surface area contributed by atoms with Gasteiger partial charge in [-0.15, -0.1) is 0 Å². The first-order valence-corrected chi connectivity index (χ1v) is 11.0. The van der Waals surface area contributed by atoms with E-state index in [0.717, 1.165) is 57.1 Å². The second-order valence-corrected chi connectivity index (χ2v) is 8.44. The first-order valence-electron chi connectivity index (χ1n) is 11.0. The van der Waals surface area contributed by atoms with Crippen molar-refractivity contribution in [1.82, 2.24) is 10.2 Å². The highest BCUT2D eigenvalue weighted by Crippen LogP contribution is 2.50. The number of amides is 1. The minimum absolute atomic E-state index is 0.00854. The SMILES string of the molecule is CCCCNC(=O)CN1CC[C@@]2(O)CCCC[C@@H]2[C@@H]1c1ccc(OC)c(OC)c1. The monoisotopic (exact) mass is 404 g/mol. The van der Waals surface area contributed by atoms with Crippen LogP contribution in [0.3, 0.4) is 0 Å². The van der Waals surface area contributed by atoms with E-state index in [1.807, 2.05) is 18.2 Å². The van der Waals surface area contributed by atoms with E-state index in [0.29, 0.717) is 24.6 Å². The molecule has 0 radical (unpaired) electrons. The largest absolute Gasteiger partial charge is 0.493 e. The van der Waals surface area contributed by atoms with Crippen molar-refractivity contribution in [3.63, 3.8) is 0 Å². The van der Waals surface area contributed by atoms with E-state index in [9.17, 15) is 9.90 Å². The molecular weight excluding hydrogens is 368 g/mol. The van der Waals surface area contributed by atoms with Gasteiger partial charge >= 0.3 is 0 Å². The molecule has 0 bridgehead atoms. The van der Waals surface area contributed by atoms with Crippen LogP contribution in [-0.4, -0.2) is 55.4 Å². The number of carbonyl (C=O) groups is 1. The number of methoxy groups -OCH3 is 2. The highest BCUT2D eigenvalue weighted by Gasteiger charge is 2.49. The molecule has 2 fully saturated rings. The molecule has 1 saturated heterocycles. The van der Waals surface area contributed by atoms with E-state index in [1.54, 1.807) is 14.2 Å². The van der Waals surface area contributed by atoms with E-state index in [4.69, 9.17) is 9.47 Å². The van der Waals surface area contributed by atoms with E-state index in [2.05, 4.69) is 17.1 Å². The van der Waals surface area contributed by atoms with Crippen LogP contribution < -0.4 is 14.8 Å². The molecule has 6 heteroatoms. The Morgan fingerprint density at radius 3 is 2.76 bits per heavy atom. The lowest BCUT2D eigenvalue weighted by Crippen LogP contribution is -2.56. The summed E-state index contributed by atoms with van der Waals surface area (Å²) in [6, 6.07) is 5.97. The van der Waals surface area contributed by atoms with Crippen LogP contribution in [-0.2, 0) is 4.79 Å². The molecule has 2 aliphatic rings. The third-order valence-corrected chi connectivity index (χ3v) is 6.62. The number of ether oxygens (including phenoxy) is 2. The van der Waals surface area contributed by atoms with Crippen molar-refractivity contribution in [2.24, 2.45) is 5.92 Å². The summed E-state index contributed by atoms with van der Waals surface area (Å²) in [7, 11) is 3.27. The van der Waals surface area contributed by atoms with Gasteiger partial charge in [0.05, 0.1) is 26.4 Å². The number of benzene rings is 1. The van der Waals surface area contributed by atoms with E-state index in [1.165, 1.54) is 0 Å². The topological polar surface area (TPSA) is 71.0 Å². The van der Waals surface area contributed by atoms with Crippen LogP contribution >= 0.6 is 0 Å². The van der Waals surface area contributed by atoms with Crippen LogP contribution in [0.1, 0.15) is 63.5 Å². The zero-order chi connectivity index (χ0) is 20.9. The van der Waals surface area contributed by atoms with Crippen molar-refractivity contribution in [3.05, 3.63) is 23.8 Å². The summed E-state index contributed by atoms with van der Waals surface area (Å²) in [5, 5.41) is 14.4. The average Bonchev–Trinajstić information content (AvgIpc) is 2.73. The summed E-state index contributed by atoms with van der Waals surface area (Å²) in [6.07, 6.45) is 6.79. The van der Waals surface area contributed by atoms with Crippen molar-refractivity contribution in [1.29, 1.82) is 0 Å². The Morgan fingerprint density at radius 1 is 1.24 bits per heavy atom. The Bertz CT molecular complexity index is 695. The molecule has 1 saturated carbocycles. The molecule has 0 aromatic heterocycles. The maximum absolute atomic E-state index is 12.6. The molecule has 1 aliphatic heterocycles. The molecule has 1 heterocycles. The predicted octanol–water partition coefficient (Wildman–Crippen LogP) is 3.29. The summed E-state index contributed by atoms with van der Waals surface area (Å²) in [4.78, 5) is 14.8. The molecule has 162 valence electrons. The molecule has 3 atom stereocenters. The number of likely N-dealkylation sites (tertiary alicyclic amines) is 1. The second kappa shape index (κ2) is 9.81. The standard InChI is InChI=1S/C23H36N2O4/c1-4-5-13-24-21(26)16-25-14-12-23(27)11-7-6-8-18(23)22(25)17-9-10-19(28-2)20(15-17)29-3/h9-10,15,18,22,27H,4-8,11-14,16H2,1-3H3,(H,24,26)/t18-,22+,23+/m1/s1. The van der Waals surface area contributed by atoms with Gasteiger partial charge in [0.15, 0.2) is 11.5 Å². The molecule has 2 N–H and O–H groups in total. The highest BCUT2D eigenvalue weighted by molar-refractivity contribution is 5.78. The number of carbonyl (C=O) groups excluding carboxylic acids is 1. The van der Waals surface area contributed by atoms with Crippen molar-refractivity contribution in [3.8, 4) is 11.5 Å². The van der Waals surface area contributed by atoms with Crippen LogP contribution in [0, 0.1) is 5.92 Å². The van der Waals surface area contributed by atoms with Crippen molar-refractivity contribution >= 4 is 5.91 Å². The van der Waals surface area contributed by atoms with Gasteiger partial charge in [0.2, 0.25) is 5.91 Å². The van der Waals surface area contributed by atoms with Crippen LogP contribution in [0.5, 0.6) is 11.5 Å². The number of nitrogens with zero attached hydrogens (tertiary/aromatic N) is 1. The average molecular weight is 405 g/mol. The predicted molar refractivity (Wildman–Crippen MR) is 113 cm³/mol. The summed E-state index contributed by atoms with van der Waals surface area (Å²) in [5.41, 5.74) is 0.430. The third kappa shape index (κ3) is 4.86. The van der Waals surface area contributed by atoms with Gasteiger partial charge in [-0.2, -0.15) is 0 Å².